The van der Waals surface area contributed by atoms with E-state index in [1.165, 1.54) is 12.8 Å². The summed E-state index contributed by atoms with van der Waals surface area (Å²) in [5.74, 6) is -0.417. The lowest BCUT2D eigenvalue weighted by molar-refractivity contribution is 0.100. The van der Waals surface area contributed by atoms with Crippen molar-refractivity contribution in [1.29, 1.82) is 0 Å². The van der Waals surface area contributed by atoms with E-state index in [0.29, 0.717) is 5.92 Å². The summed E-state index contributed by atoms with van der Waals surface area (Å²) in [6.07, 6.45) is 8.31. The highest BCUT2D eigenvalue weighted by atomic mass is 19.1. The second-order valence-corrected chi connectivity index (χ2v) is 8.94. The summed E-state index contributed by atoms with van der Waals surface area (Å²) in [7, 11) is 0. The minimum atomic E-state index is -0.753. The highest BCUT2D eigenvalue weighted by molar-refractivity contribution is 6.00. The second-order valence-electron chi connectivity index (χ2n) is 8.94. The number of hydrogen-bond acceptors (Lipinski definition) is 6. The van der Waals surface area contributed by atoms with Crippen LogP contribution >= 0.6 is 0 Å². The van der Waals surface area contributed by atoms with Gasteiger partial charge < -0.3 is 22.1 Å². The average molecular weight is 438 g/mol. The number of nitrogens with two attached hydrogens (primary N) is 2. The molecule has 0 radical (unpaired) electrons. The van der Waals surface area contributed by atoms with Crippen LogP contribution in [0.25, 0.3) is 10.9 Å². The van der Waals surface area contributed by atoms with Gasteiger partial charge in [0.05, 0.1) is 16.8 Å². The number of carbonyl (C=O) groups is 1. The van der Waals surface area contributed by atoms with Crippen molar-refractivity contribution < 1.29 is 9.18 Å². The van der Waals surface area contributed by atoms with E-state index in [-0.39, 0.29) is 29.3 Å². The SMILES string of the molecule is NC(=O)c1cc(F)c(N[C@@H]2CCCC[C@@H]2N)nc1Nc1cccc2nn(CC3CC3)cc12. The van der Waals surface area contributed by atoms with E-state index < -0.39 is 11.7 Å². The highest BCUT2D eigenvalue weighted by Crippen LogP contribution is 2.33. The van der Waals surface area contributed by atoms with Crippen LogP contribution in [0.3, 0.4) is 0 Å². The standard InChI is InChI=1S/C23H28FN7O/c24-16-10-14(21(26)32)22(29-23(16)28-20-5-2-1-4-17(20)25)27-18-6-3-7-19-15(18)12-31(30-19)11-13-8-9-13/h3,6-7,10,12-13,17,20H,1-2,4-5,8-9,11,25H2,(H2,26,32)(H2,27,28,29)/t17-,20+/m0/s1. The third-order valence-corrected chi connectivity index (χ3v) is 6.38. The Morgan fingerprint density at radius 2 is 2.00 bits per heavy atom. The van der Waals surface area contributed by atoms with Crippen molar-refractivity contribution in [2.45, 2.75) is 57.2 Å². The summed E-state index contributed by atoms with van der Waals surface area (Å²) in [4.78, 5) is 16.4. The molecule has 8 nitrogen and oxygen atoms in total. The molecular weight excluding hydrogens is 409 g/mol. The zero-order valence-electron chi connectivity index (χ0n) is 17.9. The van der Waals surface area contributed by atoms with Gasteiger partial charge in [-0.3, -0.25) is 9.48 Å². The van der Waals surface area contributed by atoms with Gasteiger partial charge in [-0.2, -0.15) is 5.10 Å². The van der Waals surface area contributed by atoms with E-state index in [2.05, 4.69) is 20.7 Å². The number of nitrogens with zero attached hydrogens (tertiary/aromatic N) is 3. The van der Waals surface area contributed by atoms with E-state index in [4.69, 9.17) is 11.5 Å². The normalized spacial score (nSPS) is 20.9. The first-order chi connectivity index (χ1) is 15.5. The molecular formula is C23H28FN7O. The average Bonchev–Trinajstić information content (AvgIpc) is 3.47. The van der Waals surface area contributed by atoms with E-state index in [9.17, 15) is 9.18 Å². The lowest BCUT2D eigenvalue weighted by atomic mass is 9.91. The molecule has 0 saturated heterocycles. The van der Waals surface area contributed by atoms with Gasteiger partial charge in [0.2, 0.25) is 0 Å². The van der Waals surface area contributed by atoms with Crippen molar-refractivity contribution in [3.8, 4) is 0 Å². The number of fused-ring (bicyclic) bond motifs is 1. The Hall–Kier alpha value is -3.20. The van der Waals surface area contributed by atoms with E-state index in [1.807, 2.05) is 29.1 Å². The summed E-state index contributed by atoms with van der Waals surface area (Å²) >= 11 is 0. The van der Waals surface area contributed by atoms with Crippen LogP contribution in [0.2, 0.25) is 0 Å². The Morgan fingerprint density at radius 1 is 1.19 bits per heavy atom. The highest BCUT2D eigenvalue weighted by Gasteiger charge is 2.25. The Kier molecular flexibility index (Phi) is 5.42. The molecule has 3 aromatic rings. The smallest absolute Gasteiger partial charge is 0.252 e. The van der Waals surface area contributed by atoms with Gasteiger partial charge in [0.1, 0.15) is 5.82 Å². The number of carbonyl (C=O) groups excluding carboxylic acids is 1. The number of amides is 1. The molecule has 0 aliphatic heterocycles. The number of aromatic nitrogens is 3. The van der Waals surface area contributed by atoms with Crippen LogP contribution in [0.15, 0.2) is 30.5 Å². The van der Waals surface area contributed by atoms with Crippen LogP contribution in [-0.2, 0) is 6.54 Å². The van der Waals surface area contributed by atoms with Gasteiger partial charge in [0.25, 0.3) is 5.91 Å². The third-order valence-electron chi connectivity index (χ3n) is 6.38. The Morgan fingerprint density at radius 3 is 2.75 bits per heavy atom. The van der Waals surface area contributed by atoms with Crippen molar-refractivity contribution in [1.82, 2.24) is 14.8 Å². The van der Waals surface area contributed by atoms with Gasteiger partial charge in [-0.25, -0.2) is 9.37 Å². The van der Waals surface area contributed by atoms with Crippen LogP contribution in [0.5, 0.6) is 0 Å². The van der Waals surface area contributed by atoms with Gasteiger partial charge in [-0.1, -0.05) is 18.9 Å². The summed E-state index contributed by atoms with van der Waals surface area (Å²) in [5.41, 5.74) is 13.3. The maximum Gasteiger partial charge on any atom is 0.252 e. The summed E-state index contributed by atoms with van der Waals surface area (Å²) in [6.45, 7) is 0.894. The largest absolute Gasteiger partial charge is 0.365 e. The minimum Gasteiger partial charge on any atom is -0.365 e. The molecule has 5 rings (SSSR count). The quantitative estimate of drug-likeness (QED) is 0.448. The fraction of sp³-hybridized carbons (Fsp3) is 0.435. The zero-order chi connectivity index (χ0) is 22.2. The summed E-state index contributed by atoms with van der Waals surface area (Å²) in [6, 6.07) is 6.70. The molecule has 2 aromatic heterocycles. The zero-order valence-corrected chi connectivity index (χ0v) is 17.9. The van der Waals surface area contributed by atoms with Crippen molar-refractivity contribution in [3.63, 3.8) is 0 Å². The first kappa shape index (κ1) is 20.7. The van der Waals surface area contributed by atoms with Crippen LogP contribution in [0.1, 0.15) is 48.9 Å². The molecule has 9 heteroatoms. The molecule has 2 aliphatic rings. The maximum absolute atomic E-state index is 14.8. The topological polar surface area (TPSA) is 124 Å². The first-order valence-corrected chi connectivity index (χ1v) is 11.2. The summed E-state index contributed by atoms with van der Waals surface area (Å²) < 4.78 is 16.7. The van der Waals surface area contributed by atoms with Crippen molar-refractivity contribution >= 4 is 34.1 Å². The predicted octanol–water partition coefficient (Wildman–Crippen LogP) is 3.50. The first-order valence-electron chi connectivity index (χ1n) is 11.2. The molecule has 0 spiro atoms. The fourth-order valence-electron chi connectivity index (χ4n) is 4.37. The molecule has 168 valence electrons. The van der Waals surface area contributed by atoms with Crippen molar-refractivity contribution in [2.24, 2.45) is 17.4 Å². The van der Waals surface area contributed by atoms with Crippen LogP contribution in [-0.4, -0.2) is 32.8 Å². The second kappa shape index (κ2) is 8.38. The number of rotatable bonds is 7. The predicted molar refractivity (Wildman–Crippen MR) is 122 cm³/mol. The number of pyridine rings is 1. The van der Waals surface area contributed by atoms with Crippen LogP contribution < -0.4 is 22.1 Å². The molecule has 6 N–H and O–H groups in total. The molecule has 0 bridgehead atoms. The monoisotopic (exact) mass is 437 g/mol. The third kappa shape index (κ3) is 4.25. The number of halogens is 1. The summed E-state index contributed by atoms with van der Waals surface area (Å²) in [5, 5.41) is 11.9. The molecule has 1 aromatic carbocycles. The van der Waals surface area contributed by atoms with Crippen LogP contribution in [0.4, 0.5) is 21.7 Å². The van der Waals surface area contributed by atoms with Crippen molar-refractivity contribution in [2.75, 3.05) is 10.6 Å². The number of primary amides is 1. The number of anilines is 3. The molecule has 2 atom stereocenters. The lowest BCUT2D eigenvalue weighted by Gasteiger charge is -2.30. The number of nitrogens with one attached hydrogen (secondary N) is 2. The van der Waals surface area contributed by atoms with Gasteiger partial charge in [-0.05, 0) is 49.8 Å². The van der Waals surface area contributed by atoms with E-state index in [1.54, 1.807) is 0 Å². The molecule has 2 aliphatic carbocycles. The lowest BCUT2D eigenvalue weighted by Crippen LogP contribution is -2.43. The van der Waals surface area contributed by atoms with Gasteiger partial charge in [-0.15, -0.1) is 0 Å². The van der Waals surface area contributed by atoms with Gasteiger partial charge in [0, 0.05) is 30.2 Å². The van der Waals surface area contributed by atoms with Crippen molar-refractivity contribution in [3.05, 3.63) is 41.8 Å². The molecule has 1 amide bonds. The maximum atomic E-state index is 14.8. The molecule has 2 heterocycles. The van der Waals surface area contributed by atoms with E-state index in [0.717, 1.165) is 54.9 Å². The Labute approximate surface area is 185 Å². The van der Waals surface area contributed by atoms with E-state index >= 15 is 0 Å². The molecule has 0 unspecified atom stereocenters. The minimum absolute atomic E-state index is 0.0108. The Bertz CT molecular complexity index is 1160. The fourth-order valence-corrected chi connectivity index (χ4v) is 4.37. The number of hydrogen-bond donors (Lipinski definition) is 4. The molecule has 2 saturated carbocycles. The Balaban J connectivity index is 1.47. The molecule has 2 fully saturated rings. The molecule has 32 heavy (non-hydrogen) atoms. The van der Waals surface area contributed by atoms with Crippen LogP contribution in [0, 0.1) is 11.7 Å². The van der Waals surface area contributed by atoms with Gasteiger partial charge >= 0.3 is 0 Å². The van der Waals surface area contributed by atoms with Gasteiger partial charge in [0.15, 0.2) is 11.6 Å². The number of benzene rings is 1.